The van der Waals surface area contributed by atoms with Crippen LogP contribution in [0.15, 0.2) is 48.5 Å². The minimum absolute atomic E-state index is 0.143. The number of carbonyl (C=O) groups excluding carboxylic acids is 1. The van der Waals surface area contributed by atoms with Gasteiger partial charge >= 0.3 is 6.09 Å². The first-order chi connectivity index (χ1) is 14.0. The maximum Gasteiger partial charge on any atom is 0.404 e. The highest BCUT2D eigenvalue weighted by molar-refractivity contribution is 8.27. The third-order valence-electron chi connectivity index (χ3n) is 5.02. The first kappa shape index (κ1) is 22.2. The summed E-state index contributed by atoms with van der Waals surface area (Å²) < 4.78 is 44.9. The molecule has 4 N–H and O–H groups in total. The van der Waals surface area contributed by atoms with Gasteiger partial charge in [-0.25, -0.2) is 17.8 Å². The Balaban J connectivity index is 1.87. The molecule has 0 saturated heterocycles. The molecule has 0 aliphatic carbocycles. The van der Waals surface area contributed by atoms with Gasteiger partial charge in [-0.2, -0.15) is 0 Å². The Morgan fingerprint density at radius 3 is 2.43 bits per heavy atom. The number of nitrogens with two attached hydrogens (primary N) is 1. The van der Waals surface area contributed by atoms with Crippen molar-refractivity contribution in [2.75, 3.05) is 15.2 Å². The van der Waals surface area contributed by atoms with E-state index in [1.165, 1.54) is 14.7 Å². The predicted molar refractivity (Wildman–Crippen MR) is 118 cm³/mol. The molecule has 7 nitrogen and oxygen atoms in total. The second kappa shape index (κ2) is 8.33. The minimum Gasteiger partial charge on any atom is -0.446 e. The molecular weight excluding hydrogens is 409 g/mol. The van der Waals surface area contributed by atoms with Gasteiger partial charge in [-0.15, -0.1) is 0 Å². The van der Waals surface area contributed by atoms with Gasteiger partial charge in [-0.05, 0) is 53.5 Å². The number of carbonyl (C=O) groups is 1. The van der Waals surface area contributed by atoms with Gasteiger partial charge in [0.25, 0.3) is 0 Å². The van der Waals surface area contributed by atoms with Crippen LogP contribution in [-0.4, -0.2) is 27.8 Å². The molecule has 2 aromatic rings. The fraction of sp³-hybridized carbons (Fsp3) is 0.381. The van der Waals surface area contributed by atoms with Crippen LogP contribution in [-0.2, 0) is 4.74 Å². The zero-order valence-corrected chi connectivity index (χ0v) is 18.1. The van der Waals surface area contributed by atoms with Gasteiger partial charge in [0.05, 0.1) is 11.4 Å². The lowest BCUT2D eigenvalue weighted by atomic mass is 9.86. The quantitative estimate of drug-likeness (QED) is 0.540. The Morgan fingerprint density at radius 1 is 1.17 bits per heavy atom. The Hall–Kier alpha value is -2.49. The van der Waals surface area contributed by atoms with Crippen molar-refractivity contribution in [2.24, 2.45) is 11.1 Å². The van der Waals surface area contributed by atoms with Gasteiger partial charge in [0.2, 0.25) is 0 Å². The lowest BCUT2D eigenvalue weighted by Gasteiger charge is -2.44. The number of hydrogen-bond acceptors (Lipinski definition) is 6. The van der Waals surface area contributed by atoms with Crippen LogP contribution in [0, 0.1) is 11.2 Å². The average Bonchev–Trinajstić information content (AvgIpc) is 2.88. The van der Waals surface area contributed by atoms with Crippen LogP contribution < -0.4 is 14.3 Å². The number of rotatable bonds is 6. The Kier molecular flexibility index (Phi) is 6.16. The van der Waals surface area contributed by atoms with Crippen LogP contribution in [0.4, 0.5) is 26.2 Å². The molecule has 0 bridgehead atoms. The van der Waals surface area contributed by atoms with Crippen molar-refractivity contribution in [3.63, 3.8) is 0 Å². The zero-order chi connectivity index (χ0) is 22.1. The third-order valence-corrected chi connectivity index (χ3v) is 6.87. The minimum atomic E-state index is -3.52. The summed E-state index contributed by atoms with van der Waals surface area (Å²) in [5.74, 6) is -0.535. The van der Waals surface area contributed by atoms with Crippen LogP contribution in [0.5, 0.6) is 0 Å². The summed E-state index contributed by atoms with van der Waals surface area (Å²) in [5, 5.41) is 0. The Labute approximate surface area is 177 Å². The van der Waals surface area contributed by atoms with Crippen molar-refractivity contribution in [1.29, 1.82) is 0 Å². The summed E-state index contributed by atoms with van der Waals surface area (Å²) >= 11 is 0. The monoisotopic (exact) mass is 437 g/mol. The van der Waals surface area contributed by atoms with Crippen LogP contribution in [0.3, 0.4) is 0 Å². The molecule has 1 aliphatic rings. The highest BCUT2D eigenvalue weighted by atomic mass is 32.3. The average molecular weight is 438 g/mol. The summed E-state index contributed by atoms with van der Waals surface area (Å²) in [6.45, 7) is 5.94. The third kappa shape index (κ3) is 4.33. The maximum atomic E-state index is 14.8. The highest BCUT2D eigenvalue weighted by Gasteiger charge is 2.43. The maximum absolute atomic E-state index is 14.8. The molecule has 0 saturated carbocycles. The first-order valence-corrected chi connectivity index (χ1v) is 11.2. The standard InChI is InChI=1S/C21H28FN3O4S/c1-21(2,3)18(29-20(23)26)13-8-14-24-19-16(22)11-7-12-17(19)25(30(24,27)28)15-9-5-4-6-10-15/h4-7,9-12,18,27-28H,8,13-14H2,1-3H3,(H2,23,26). The summed E-state index contributed by atoms with van der Waals surface area (Å²) in [6.07, 6.45) is -0.438. The number of amides is 1. The van der Waals surface area contributed by atoms with Gasteiger partial charge in [-0.3, -0.25) is 9.11 Å². The molecule has 2 aromatic carbocycles. The van der Waals surface area contributed by atoms with Crippen LogP contribution in [0.1, 0.15) is 33.6 Å². The number of halogens is 1. The molecule has 0 spiro atoms. The number of fused-ring (bicyclic) bond motifs is 1. The van der Waals surface area contributed by atoms with E-state index >= 15 is 0 Å². The van der Waals surface area contributed by atoms with Crippen LogP contribution in [0.2, 0.25) is 0 Å². The molecule has 0 radical (unpaired) electrons. The van der Waals surface area contributed by atoms with E-state index in [4.69, 9.17) is 10.5 Å². The number of ether oxygens (including phenoxy) is 1. The molecule has 9 heteroatoms. The van der Waals surface area contributed by atoms with Crippen molar-refractivity contribution in [3.05, 3.63) is 54.3 Å². The fourth-order valence-electron chi connectivity index (χ4n) is 3.58. The molecule has 3 rings (SSSR count). The zero-order valence-electron chi connectivity index (χ0n) is 17.3. The normalized spacial score (nSPS) is 17.4. The summed E-state index contributed by atoms with van der Waals surface area (Å²) in [6, 6.07) is 13.4. The van der Waals surface area contributed by atoms with Crippen molar-refractivity contribution in [2.45, 2.75) is 39.7 Å². The van der Waals surface area contributed by atoms with E-state index in [1.807, 2.05) is 26.8 Å². The molecule has 164 valence electrons. The summed E-state index contributed by atoms with van der Waals surface area (Å²) in [7, 11) is -3.52. The number of primary amides is 1. The van der Waals surface area contributed by atoms with Gasteiger partial charge < -0.3 is 10.5 Å². The molecule has 1 amide bonds. The lowest BCUT2D eigenvalue weighted by Crippen LogP contribution is -2.36. The summed E-state index contributed by atoms with van der Waals surface area (Å²) in [4.78, 5) is 11.2. The van der Waals surface area contributed by atoms with E-state index in [1.54, 1.807) is 36.4 Å². The van der Waals surface area contributed by atoms with Gasteiger partial charge in [0.15, 0.2) is 0 Å². The van der Waals surface area contributed by atoms with E-state index in [0.29, 0.717) is 24.2 Å². The Morgan fingerprint density at radius 2 is 1.83 bits per heavy atom. The molecular formula is C21H28FN3O4S. The Bertz CT molecular complexity index is 905. The molecule has 1 heterocycles. The molecule has 1 atom stereocenters. The summed E-state index contributed by atoms with van der Waals surface area (Å²) in [5.41, 5.74) is 5.93. The largest absolute Gasteiger partial charge is 0.446 e. The van der Waals surface area contributed by atoms with E-state index in [0.717, 1.165) is 0 Å². The van der Waals surface area contributed by atoms with E-state index < -0.39 is 29.0 Å². The second-order valence-electron chi connectivity index (χ2n) is 8.26. The highest BCUT2D eigenvalue weighted by Crippen LogP contribution is 2.64. The number of anilines is 3. The number of hydrogen-bond donors (Lipinski definition) is 3. The van der Waals surface area contributed by atoms with Crippen molar-refractivity contribution >= 4 is 34.1 Å². The second-order valence-corrected chi connectivity index (χ2v) is 10.0. The van der Waals surface area contributed by atoms with E-state index in [-0.39, 0.29) is 17.6 Å². The van der Waals surface area contributed by atoms with Crippen molar-refractivity contribution in [3.8, 4) is 0 Å². The van der Waals surface area contributed by atoms with Crippen molar-refractivity contribution < 1.29 is 23.0 Å². The fourth-order valence-corrected chi connectivity index (χ4v) is 5.39. The number of benzene rings is 2. The van der Waals surface area contributed by atoms with Gasteiger partial charge in [0, 0.05) is 6.54 Å². The number of para-hydroxylation sites is 2. The van der Waals surface area contributed by atoms with Crippen LogP contribution in [0.25, 0.3) is 0 Å². The first-order valence-electron chi connectivity index (χ1n) is 9.69. The molecule has 0 aromatic heterocycles. The van der Waals surface area contributed by atoms with Gasteiger partial charge in [0.1, 0.15) is 17.6 Å². The van der Waals surface area contributed by atoms with E-state index in [2.05, 4.69) is 0 Å². The molecule has 30 heavy (non-hydrogen) atoms. The molecule has 1 aliphatic heterocycles. The lowest BCUT2D eigenvalue weighted by molar-refractivity contribution is 0.0306. The SMILES string of the molecule is CC(C)(C)C(CCCN1c2c(F)cccc2N(c2ccccc2)S1(O)O)OC(N)=O. The molecule has 1 unspecified atom stereocenters. The molecule has 0 fully saturated rings. The smallest absolute Gasteiger partial charge is 0.404 e. The predicted octanol–water partition coefficient (Wildman–Crippen LogP) is 5.65. The van der Waals surface area contributed by atoms with Gasteiger partial charge in [-0.1, -0.05) is 45.0 Å². The van der Waals surface area contributed by atoms with Crippen molar-refractivity contribution in [1.82, 2.24) is 0 Å². The van der Waals surface area contributed by atoms with Crippen LogP contribution >= 0.6 is 11.0 Å². The van der Waals surface area contributed by atoms with E-state index in [9.17, 15) is 18.3 Å². The topological polar surface area (TPSA) is 99.3 Å². The number of nitrogens with zero attached hydrogens (tertiary/aromatic N) is 2.